The van der Waals surface area contributed by atoms with E-state index in [2.05, 4.69) is 4.99 Å². The lowest BCUT2D eigenvalue weighted by atomic mass is 9.72. The van der Waals surface area contributed by atoms with E-state index in [9.17, 15) is 30.0 Å². The van der Waals surface area contributed by atoms with Crippen molar-refractivity contribution in [2.45, 2.75) is 45.0 Å². The van der Waals surface area contributed by atoms with E-state index >= 15 is 0 Å². The van der Waals surface area contributed by atoms with Crippen molar-refractivity contribution in [2.24, 2.45) is 21.2 Å². The van der Waals surface area contributed by atoms with Crippen molar-refractivity contribution >= 4 is 17.7 Å². The monoisotopic (exact) mass is 578 g/mol. The van der Waals surface area contributed by atoms with E-state index in [-0.39, 0.29) is 31.7 Å². The molecule has 1 aromatic carbocycles. The zero-order valence-electron chi connectivity index (χ0n) is 23.5. The Labute approximate surface area is 237 Å². The molecule has 1 aromatic rings. The number of aliphatic imine (C=N–C) groups is 1. The molecule has 0 bridgehead atoms. The van der Waals surface area contributed by atoms with Gasteiger partial charge in [-0.1, -0.05) is 19.1 Å². The molecule has 3 heterocycles. The Balaban J connectivity index is 0.00000147. The van der Waals surface area contributed by atoms with Gasteiger partial charge in [0.2, 0.25) is 0 Å². The first-order valence-electron chi connectivity index (χ1n) is 13.1. The Bertz CT molecular complexity index is 1180. The Hall–Kier alpha value is -3.75. The summed E-state index contributed by atoms with van der Waals surface area (Å²) in [6, 6.07) is 5.57. The standard InChI is InChI=1S/C27H37N3O8.HNO2/c1-16(32)27(3)15-30(24(34)20(33)13-31)12-19(27)17-5-6-21(37-4)22(9-17)38-18-10-29(11-18)23-7-8-26(2,14-28-23)25(35)36;2-1-3/h5-9,16,18-20,31-33H,10-15H2,1-4H3,(H,35,36);(H,2,3)/t16?,19-,20?,26?,27-;/m0./s1. The molecule has 5 N–H and O–H groups in total. The lowest BCUT2D eigenvalue weighted by molar-refractivity contribution is -0.144. The fourth-order valence-corrected chi connectivity index (χ4v) is 5.22. The molecule has 0 spiro atoms. The smallest absolute Gasteiger partial charge is 0.315 e. The molecular weight excluding hydrogens is 540 g/mol. The first-order valence-corrected chi connectivity index (χ1v) is 13.1. The number of ether oxygens (including phenoxy) is 2. The number of benzene rings is 1. The maximum absolute atomic E-state index is 12.6. The Morgan fingerprint density at radius 2 is 1.85 bits per heavy atom. The van der Waals surface area contributed by atoms with Gasteiger partial charge in [-0.3, -0.25) is 14.6 Å². The first-order chi connectivity index (χ1) is 19.3. The summed E-state index contributed by atoms with van der Waals surface area (Å²) in [7, 11) is 1.56. The molecular formula is C27H38N4O10. The van der Waals surface area contributed by atoms with E-state index in [0.717, 1.165) is 11.4 Å². The van der Waals surface area contributed by atoms with Gasteiger partial charge < -0.3 is 44.9 Å². The number of carboxylic acids is 1. The van der Waals surface area contributed by atoms with Crippen molar-refractivity contribution in [1.82, 2.24) is 9.80 Å². The molecule has 1 amide bonds. The molecule has 2 saturated heterocycles. The molecule has 3 unspecified atom stereocenters. The van der Waals surface area contributed by atoms with E-state index < -0.39 is 41.5 Å². The number of hydrogen-bond donors (Lipinski definition) is 5. The summed E-state index contributed by atoms with van der Waals surface area (Å²) in [5, 5.41) is 47.0. The lowest BCUT2D eigenvalue weighted by Gasteiger charge is -2.41. The number of carbonyl (C=O) groups excluding carboxylic acids is 1. The highest BCUT2D eigenvalue weighted by atomic mass is 16.6. The summed E-state index contributed by atoms with van der Waals surface area (Å²) in [5.74, 6) is 0.123. The van der Waals surface area contributed by atoms with Gasteiger partial charge in [0.25, 0.3) is 5.91 Å². The molecule has 226 valence electrons. The number of aliphatic carboxylic acids is 1. The molecule has 5 atom stereocenters. The van der Waals surface area contributed by atoms with E-state index in [1.54, 1.807) is 39.2 Å². The highest BCUT2D eigenvalue weighted by Crippen LogP contribution is 2.47. The molecule has 41 heavy (non-hydrogen) atoms. The van der Waals surface area contributed by atoms with Gasteiger partial charge in [-0.2, -0.15) is 0 Å². The normalized spacial score (nSPS) is 27.1. The van der Waals surface area contributed by atoms with Crippen molar-refractivity contribution in [1.29, 1.82) is 0 Å². The number of rotatable bonds is 8. The van der Waals surface area contributed by atoms with Crippen molar-refractivity contribution in [3.8, 4) is 11.5 Å². The van der Waals surface area contributed by atoms with Crippen LogP contribution in [-0.2, 0) is 9.59 Å². The van der Waals surface area contributed by atoms with Crippen LogP contribution in [0, 0.1) is 15.7 Å². The van der Waals surface area contributed by atoms with Crippen LogP contribution in [0.3, 0.4) is 0 Å². The van der Waals surface area contributed by atoms with E-state index in [1.165, 1.54) is 10.2 Å². The summed E-state index contributed by atoms with van der Waals surface area (Å²) in [6.45, 7) is 6.44. The highest BCUT2D eigenvalue weighted by molar-refractivity contribution is 5.96. The minimum Gasteiger partial charge on any atom is -0.493 e. The molecule has 14 heteroatoms. The van der Waals surface area contributed by atoms with Crippen LogP contribution in [0.2, 0.25) is 0 Å². The number of hydrogen-bond acceptors (Lipinski definition) is 11. The number of aliphatic hydroxyl groups is 3. The van der Waals surface area contributed by atoms with Crippen LogP contribution in [-0.4, -0.2) is 118 Å². The average molecular weight is 579 g/mol. The van der Waals surface area contributed by atoms with Crippen molar-refractivity contribution in [3.05, 3.63) is 40.8 Å². The third-order valence-electron chi connectivity index (χ3n) is 8.17. The Kier molecular flexibility index (Phi) is 9.94. The van der Waals surface area contributed by atoms with Crippen LogP contribution >= 0.6 is 0 Å². The second kappa shape index (κ2) is 12.8. The number of amides is 1. The maximum Gasteiger partial charge on any atom is 0.315 e. The predicted molar refractivity (Wildman–Crippen MR) is 146 cm³/mol. The Morgan fingerprint density at radius 3 is 2.37 bits per heavy atom. The number of dihydropyridines is 1. The lowest BCUT2D eigenvalue weighted by Crippen LogP contribution is -2.56. The molecule has 3 aliphatic heterocycles. The molecule has 0 aromatic heterocycles. The van der Waals surface area contributed by atoms with Crippen molar-refractivity contribution in [2.75, 3.05) is 46.4 Å². The number of likely N-dealkylation sites (tertiary alicyclic amines) is 2. The number of carboxylic acid groups (broad SMARTS) is 1. The number of nitrogens with zero attached hydrogens (tertiary/aromatic N) is 4. The van der Waals surface area contributed by atoms with Crippen LogP contribution in [0.1, 0.15) is 32.3 Å². The topological polar surface area (TPSA) is 202 Å². The van der Waals surface area contributed by atoms with Gasteiger partial charge in [0.05, 0.1) is 39.5 Å². The molecule has 3 aliphatic rings. The largest absolute Gasteiger partial charge is 0.493 e. The molecule has 14 nitrogen and oxygen atoms in total. The number of carbonyl (C=O) groups is 2. The van der Waals surface area contributed by atoms with E-state index in [0.29, 0.717) is 24.6 Å². The molecule has 2 fully saturated rings. The summed E-state index contributed by atoms with van der Waals surface area (Å²) in [6.07, 6.45) is 1.05. The zero-order chi connectivity index (χ0) is 30.5. The van der Waals surface area contributed by atoms with Crippen molar-refractivity contribution < 1.29 is 44.7 Å². The van der Waals surface area contributed by atoms with Gasteiger partial charge in [0, 0.05) is 24.4 Å². The van der Waals surface area contributed by atoms with Gasteiger partial charge in [-0.15, -0.1) is 4.91 Å². The van der Waals surface area contributed by atoms with E-state index in [1.807, 2.05) is 24.0 Å². The number of aliphatic hydroxyl groups excluding tert-OH is 3. The van der Waals surface area contributed by atoms with E-state index in [4.69, 9.17) is 19.6 Å². The minimum atomic E-state index is -1.50. The van der Waals surface area contributed by atoms with Gasteiger partial charge in [-0.05, 0) is 37.6 Å². The third kappa shape index (κ3) is 6.60. The summed E-state index contributed by atoms with van der Waals surface area (Å²) < 4.78 is 11.8. The SMILES string of the molecule is COc1ccc([C@@H]2CN(C(=O)C(O)CO)C[C@@]2(C)C(C)O)cc1OC1CN(C2=NCC(C)(C(=O)O)C=C2)C1.O=NO. The van der Waals surface area contributed by atoms with Gasteiger partial charge in [0.15, 0.2) is 22.9 Å². The van der Waals surface area contributed by atoms with Gasteiger partial charge in [0.1, 0.15) is 17.4 Å². The first kappa shape index (κ1) is 31.8. The Morgan fingerprint density at radius 1 is 1.20 bits per heavy atom. The van der Waals surface area contributed by atoms with Crippen LogP contribution in [0.25, 0.3) is 0 Å². The fourth-order valence-electron chi connectivity index (χ4n) is 5.22. The summed E-state index contributed by atoms with van der Waals surface area (Å²) in [5.41, 5.74) is -0.809. The zero-order valence-corrected chi connectivity index (χ0v) is 23.5. The number of methoxy groups -OCH3 is 1. The number of amidine groups is 1. The van der Waals surface area contributed by atoms with Gasteiger partial charge in [-0.25, -0.2) is 0 Å². The van der Waals surface area contributed by atoms with Crippen molar-refractivity contribution in [3.63, 3.8) is 0 Å². The highest BCUT2D eigenvalue weighted by Gasteiger charge is 2.49. The summed E-state index contributed by atoms with van der Waals surface area (Å²) >= 11 is 0. The quantitative estimate of drug-likeness (QED) is 0.214. The molecule has 0 radical (unpaired) electrons. The van der Waals surface area contributed by atoms with Crippen LogP contribution in [0.4, 0.5) is 0 Å². The average Bonchev–Trinajstić information content (AvgIpc) is 3.29. The predicted octanol–water partition coefficient (Wildman–Crippen LogP) is 0.626. The molecule has 4 rings (SSSR count). The van der Waals surface area contributed by atoms with Gasteiger partial charge >= 0.3 is 5.97 Å². The fraction of sp³-hybridized carbons (Fsp3) is 0.593. The third-order valence-corrected chi connectivity index (χ3v) is 8.17. The minimum absolute atomic E-state index is 0.132. The maximum atomic E-state index is 12.6. The van der Waals surface area contributed by atoms with Crippen LogP contribution in [0.5, 0.6) is 11.5 Å². The molecule has 0 saturated carbocycles. The molecule has 0 aliphatic carbocycles. The van der Waals surface area contributed by atoms with Crippen LogP contribution in [0.15, 0.2) is 40.7 Å². The van der Waals surface area contributed by atoms with Crippen LogP contribution < -0.4 is 9.47 Å². The second-order valence-electron chi connectivity index (χ2n) is 11.0. The second-order valence-corrected chi connectivity index (χ2v) is 11.0. The summed E-state index contributed by atoms with van der Waals surface area (Å²) in [4.78, 5) is 40.1.